The second-order valence-corrected chi connectivity index (χ2v) is 3.56. The molecule has 0 spiro atoms. The molecule has 1 N–H and O–H groups in total. The minimum atomic E-state index is -2.68. The van der Waals surface area contributed by atoms with E-state index in [0.717, 1.165) is 0 Å². The molecule has 0 aromatic heterocycles. The van der Waals surface area contributed by atoms with Gasteiger partial charge in [0.1, 0.15) is 11.5 Å². The molecular formula is C10H9BrF2O2. The summed E-state index contributed by atoms with van der Waals surface area (Å²) in [6.45, 7) is 0. The van der Waals surface area contributed by atoms with E-state index in [0.29, 0.717) is 0 Å². The van der Waals surface area contributed by atoms with Gasteiger partial charge in [-0.1, -0.05) is 28.1 Å². The van der Waals surface area contributed by atoms with E-state index in [2.05, 4.69) is 15.9 Å². The van der Waals surface area contributed by atoms with Gasteiger partial charge in [0.2, 0.25) is 0 Å². The van der Waals surface area contributed by atoms with Gasteiger partial charge in [-0.15, -0.1) is 0 Å². The van der Waals surface area contributed by atoms with Crippen LogP contribution in [0.2, 0.25) is 0 Å². The lowest BCUT2D eigenvalue weighted by molar-refractivity contribution is -0.115. The molecule has 15 heavy (non-hydrogen) atoms. The molecule has 1 rings (SSSR count). The maximum Gasteiger partial charge on any atom is 0.264 e. The molecule has 0 unspecified atom stereocenters. The van der Waals surface area contributed by atoms with Crippen LogP contribution in [0.5, 0.6) is 5.75 Å². The molecule has 0 saturated heterocycles. The number of Topliss-reactive ketones (excluding diaryl/α,β-unsaturated/α-hetero) is 1. The third kappa shape index (κ3) is 2.99. The Hall–Kier alpha value is -0.970. The summed E-state index contributed by atoms with van der Waals surface area (Å²) in [6.07, 6.45) is -2.87. The molecule has 1 aromatic carbocycles. The van der Waals surface area contributed by atoms with E-state index in [1.54, 1.807) is 0 Å². The average molecular weight is 279 g/mol. The van der Waals surface area contributed by atoms with Crippen molar-refractivity contribution in [3.63, 3.8) is 0 Å². The van der Waals surface area contributed by atoms with Crippen molar-refractivity contribution in [2.24, 2.45) is 0 Å². The number of rotatable bonds is 4. The molecule has 0 radical (unpaired) electrons. The van der Waals surface area contributed by atoms with Crippen LogP contribution in [-0.2, 0) is 11.2 Å². The third-order valence-electron chi connectivity index (χ3n) is 1.95. The highest BCUT2D eigenvalue weighted by atomic mass is 79.9. The number of carbonyl (C=O) groups is 1. The van der Waals surface area contributed by atoms with Crippen LogP contribution in [0.25, 0.3) is 0 Å². The monoisotopic (exact) mass is 278 g/mol. The maximum absolute atomic E-state index is 12.5. The van der Waals surface area contributed by atoms with Gasteiger partial charge in [-0.25, -0.2) is 8.78 Å². The molecule has 0 atom stereocenters. The molecule has 82 valence electrons. The fraction of sp³-hybridized carbons (Fsp3) is 0.300. The lowest BCUT2D eigenvalue weighted by Gasteiger charge is -2.09. The van der Waals surface area contributed by atoms with Crippen LogP contribution < -0.4 is 0 Å². The second kappa shape index (κ2) is 5.21. The number of phenols is 1. The summed E-state index contributed by atoms with van der Waals surface area (Å²) in [5, 5.41) is 9.47. The zero-order valence-electron chi connectivity index (χ0n) is 7.71. The van der Waals surface area contributed by atoms with E-state index in [9.17, 15) is 18.7 Å². The number of carbonyl (C=O) groups excluding carboxylic acids is 1. The molecule has 0 heterocycles. The number of alkyl halides is 3. The first-order chi connectivity index (χ1) is 7.06. The van der Waals surface area contributed by atoms with Crippen molar-refractivity contribution in [3.05, 3.63) is 29.3 Å². The lowest BCUT2D eigenvalue weighted by atomic mass is 10.0. The van der Waals surface area contributed by atoms with E-state index in [1.165, 1.54) is 18.2 Å². The Balaban J connectivity index is 3.07. The molecule has 0 aliphatic heterocycles. The Morgan fingerprint density at radius 1 is 1.47 bits per heavy atom. The average Bonchev–Trinajstić information content (AvgIpc) is 2.20. The number of phenolic OH excluding ortho intramolecular Hbond substituents is 1. The number of hydrogen-bond acceptors (Lipinski definition) is 2. The van der Waals surface area contributed by atoms with Crippen LogP contribution in [0.3, 0.4) is 0 Å². The number of aromatic hydroxyl groups is 1. The first-order valence-electron chi connectivity index (χ1n) is 4.22. The summed E-state index contributed by atoms with van der Waals surface area (Å²) < 4.78 is 25.1. The number of benzene rings is 1. The lowest BCUT2D eigenvalue weighted by Crippen LogP contribution is -2.06. The smallest absolute Gasteiger partial charge is 0.264 e. The molecule has 0 aliphatic rings. The SMILES string of the molecule is O=C(CBr)Cc1c(O)cccc1C(F)F. The first-order valence-corrected chi connectivity index (χ1v) is 5.35. The molecule has 0 fully saturated rings. The standard InChI is InChI=1S/C10H9BrF2O2/c11-5-6(14)4-8-7(10(12)13)2-1-3-9(8)15/h1-3,10,15H,4-5H2. The Bertz CT molecular complexity index is 366. The largest absolute Gasteiger partial charge is 0.508 e. The van der Waals surface area contributed by atoms with Crippen LogP contribution in [-0.4, -0.2) is 16.2 Å². The summed E-state index contributed by atoms with van der Waals surface area (Å²) in [4.78, 5) is 11.1. The second-order valence-electron chi connectivity index (χ2n) is 2.99. The molecule has 0 saturated carbocycles. The van der Waals surface area contributed by atoms with Gasteiger partial charge in [0.05, 0.1) is 5.33 Å². The molecule has 0 aliphatic carbocycles. The van der Waals surface area contributed by atoms with E-state index >= 15 is 0 Å². The predicted octanol–water partition coefficient (Wildman–Crippen LogP) is 2.84. The van der Waals surface area contributed by atoms with Gasteiger partial charge in [-0.05, 0) is 6.07 Å². The highest BCUT2D eigenvalue weighted by Gasteiger charge is 2.17. The van der Waals surface area contributed by atoms with Gasteiger partial charge in [-0.2, -0.15) is 0 Å². The summed E-state index contributed by atoms with van der Waals surface area (Å²) in [7, 11) is 0. The highest BCUT2D eigenvalue weighted by molar-refractivity contribution is 9.09. The number of hydrogen-bond donors (Lipinski definition) is 1. The Morgan fingerprint density at radius 2 is 2.13 bits per heavy atom. The normalized spacial score (nSPS) is 10.7. The van der Waals surface area contributed by atoms with E-state index < -0.39 is 6.43 Å². The van der Waals surface area contributed by atoms with Crippen molar-refractivity contribution in [2.75, 3.05) is 5.33 Å². The van der Waals surface area contributed by atoms with Crippen LogP contribution >= 0.6 is 15.9 Å². The van der Waals surface area contributed by atoms with E-state index in [-0.39, 0.29) is 34.4 Å². The molecule has 0 amide bonds. The van der Waals surface area contributed by atoms with Crippen LogP contribution in [0.4, 0.5) is 8.78 Å². The predicted molar refractivity (Wildman–Crippen MR) is 55.6 cm³/mol. The first kappa shape index (κ1) is 12.1. The number of ketones is 1. The fourth-order valence-corrected chi connectivity index (χ4v) is 1.43. The molecular weight excluding hydrogens is 270 g/mol. The van der Waals surface area contributed by atoms with Crippen molar-refractivity contribution < 1.29 is 18.7 Å². The van der Waals surface area contributed by atoms with E-state index in [4.69, 9.17) is 0 Å². The summed E-state index contributed by atoms with van der Waals surface area (Å²) >= 11 is 2.94. The zero-order chi connectivity index (χ0) is 11.4. The molecule has 5 heteroatoms. The van der Waals surface area contributed by atoms with Crippen LogP contribution in [0, 0.1) is 0 Å². The van der Waals surface area contributed by atoms with E-state index in [1.807, 2.05) is 0 Å². The topological polar surface area (TPSA) is 37.3 Å². The zero-order valence-corrected chi connectivity index (χ0v) is 9.30. The van der Waals surface area contributed by atoms with Gasteiger partial charge in [-0.3, -0.25) is 4.79 Å². The van der Waals surface area contributed by atoms with Gasteiger partial charge < -0.3 is 5.11 Å². The van der Waals surface area contributed by atoms with Crippen LogP contribution in [0.15, 0.2) is 18.2 Å². The Labute approximate surface area is 94.0 Å². The summed E-state index contributed by atoms with van der Waals surface area (Å²) in [5.74, 6) is -0.513. The van der Waals surface area contributed by atoms with Crippen molar-refractivity contribution in [1.29, 1.82) is 0 Å². The van der Waals surface area contributed by atoms with Gasteiger partial charge in [0.25, 0.3) is 6.43 Å². The van der Waals surface area contributed by atoms with Crippen molar-refractivity contribution in [3.8, 4) is 5.75 Å². The minimum Gasteiger partial charge on any atom is -0.508 e. The summed E-state index contributed by atoms with van der Waals surface area (Å²) in [5.41, 5.74) is -0.277. The van der Waals surface area contributed by atoms with Gasteiger partial charge in [0.15, 0.2) is 0 Å². The molecule has 2 nitrogen and oxygen atoms in total. The third-order valence-corrected chi connectivity index (χ3v) is 2.57. The van der Waals surface area contributed by atoms with Gasteiger partial charge >= 0.3 is 0 Å². The van der Waals surface area contributed by atoms with Crippen molar-refractivity contribution in [1.82, 2.24) is 0 Å². The fourth-order valence-electron chi connectivity index (χ4n) is 1.23. The highest BCUT2D eigenvalue weighted by Crippen LogP contribution is 2.29. The van der Waals surface area contributed by atoms with Crippen molar-refractivity contribution in [2.45, 2.75) is 12.8 Å². The Morgan fingerprint density at radius 3 is 2.67 bits per heavy atom. The Kier molecular flexibility index (Phi) is 4.20. The van der Waals surface area contributed by atoms with Crippen LogP contribution in [0.1, 0.15) is 17.6 Å². The maximum atomic E-state index is 12.5. The molecule has 1 aromatic rings. The van der Waals surface area contributed by atoms with Gasteiger partial charge in [0, 0.05) is 17.5 Å². The van der Waals surface area contributed by atoms with Crippen molar-refractivity contribution >= 4 is 21.7 Å². The minimum absolute atomic E-state index is 0.0111. The quantitative estimate of drug-likeness (QED) is 0.860. The molecule has 0 bridgehead atoms. The summed E-state index contributed by atoms with van der Waals surface area (Å²) in [6, 6.07) is 3.84. The number of halogens is 3.